The highest BCUT2D eigenvalue weighted by atomic mass is 35.5. The van der Waals surface area contributed by atoms with Crippen molar-refractivity contribution in [3.8, 4) is 11.5 Å². The summed E-state index contributed by atoms with van der Waals surface area (Å²) in [5.41, 5.74) is 2.44. The van der Waals surface area contributed by atoms with Crippen molar-refractivity contribution in [2.45, 2.75) is 33.2 Å². The molecule has 1 heterocycles. The monoisotopic (exact) mass is 419 g/mol. The molecule has 0 radical (unpaired) electrons. The van der Waals surface area contributed by atoms with Crippen LogP contribution in [0.25, 0.3) is 6.08 Å². The summed E-state index contributed by atoms with van der Waals surface area (Å²) in [6.45, 7) is 5.32. The molecule has 0 saturated carbocycles. The first-order chi connectivity index (χ1) is 13.3. The molecule has 1 aliphatic heterocycles. The Hall–Kier alpha value is -2.01. The Bertz CT molecular complexity index is 953. The van der Waals surface area contributed by atoms with Crippen LogP contribution >= 0.6 is 23.2 Å². The number of ketones is 1. The lowest BCUT2D eigenvalue weighted by Crippen LogP contribution is -2.19. The van der Waals surface area contributed by atoms with Crippen LogP contribution in [-0.2, 0) is 6.54 Å². The molecule has 4 nitrogen and oxygen atoms in total. The number of carbonyl (C=O) groups is 1. The molecular weight excluding hydrogens is 397 g/mol. The fourth-order valence-electron chi connectivity index (χ4n) is 3.27. The SMILES string of the molecule is CCCCN(C)Cc1c(O)cc(C)c2c1O/C(=C\c1ccc(Cl)cc1Cl)C2=O. The Morgan fingerprint density at radius 2 is 2.00 bits per heavy atom. The zero-order valence-corrected chi connectivity index (χ0v) is 17.7. The molecule has 0 aliphatic carbocycles. The van der Waals surface area contributed by atoms with Gasteiger partial charge in [0.1, 0.15) is 11.5 Å². The van der Waals surface area contributed by atoms with E-state index in [2.05, 4.69) is 11.8 Å². The molecule has 0 fully saturated rings. The summed E-state index contributed by atoms with van der Waals surface area (Å²) >= 11 is 12.2. The minimum Gasteiger partial charge on any atom is -0.507 e. The molecule has 3 rings (SSSR count). The lowest BCUT2D eigenvalue weighted by atomic mass is 9.99. The maximum atomic E-state index is 13.0. The van der Waals surface area contributed by atoms with Crippen LogP contribution in [0, 0.1) is 6.92 Å². The Kier molecular flexibility index (Phi) is 6.33. The highest BCUT2D eigenvalue weighted by Gasteiger charge is 2.33. The molecule has 1 N–H and O–H groups in total. The Balaban J connectivity index is 1.98. The quantitative estimate of drug-likeness (QED) is 0.595. The number of phenolic OH excluding ortho intramolecular Hbond substituents is 1. The van der Waals surface area contributed by atoms with Crippen molar-refractivity contribution in [1.29, 1.82) is 0 Å². The number of ether oxygens (including phenoxy) is 1. The summed E-state index contributed by atoms with van der Waals surface area (Å²) in [6.07, 6.45) is 3.76. The largest absolute Gasteiger partial charge is 0.507 e. The van der Waals surface area contributed by atoms with Crippen molar-refractivity contribution in [3.05, 3.63) is 62.3 Å². The summed E-state index contributed by atoms with van der Waals surface area (Å²) in [5.74, 6) is 0.543. The van der Waals surface area contributed by atoms with Crippen molar-refractivity contribution < 1.29 is 14.6 Å². The third-order valence-corrected chi connectivity index (χ3v) is 5.35. The van der Waals surface area contributed by atoms with E-state index in [1.165, 1.54) is 0 Å². The molecule has 6 heteroatoms. The van der Waals surface area contributed by atoms with Gasteiger partial charge < -0.3 is 14.7 Å². The van der Waals surface area contributed by atoms with Crippen LogP contribution in [0.3, 0.4) is 0 Å². The number of phenols is 1. The number of halogens is 2. The second-order valence-electron chi connectivity index (χ2n) is 7.09. The molecule has 0 aromatic heterocycles. The third-order valence-electron chi connectivity index (χ3n) is 4.79. The van der Waals surface area contributed by atoms with Gasteiger partial charge in [-0.3, -0.25) is 4.79 Å². The lowest BCUT2D eigenvalue weighted by molar-refractivity contribution is 0.101. The predicted molar refractivity (Wildman–Crippen MR) is 113 cm³/mol. The zero-order valence-electron chi connectivity index (χ0n) is 16.2. The molecule has 0 atom stereocenters. The van der Waals surface area contributed by atoms with Gasteiger partial charge in [-0.2, -0.15) is 0 Å². The molecule has 2 aromatic carbocycles. The maximum Gasteiger partial charge on any atom is 0.232 e. The van der Waals surface area contributed by atoms with Crippen LogP contribution in [0.5, 0.6) is 11.5 Å². The van der Waals surface area contributed by atoms with E-state index in [0.29, 0.717) is 44.6 Å². The van der Waals surface area contributed by atoms with Gasteiger partial charge in [0, 0.05) is 16.6 Å². The molecule has 28 heavy (non-hydrogen) atoms. The van der Waals surface area contributed by atoms with Gasteiger partial charge in [0.15, 0.2) is 5.76 Å². The number of rotatable bonds is 6. The van der Waals surface area contributed by atoms with Crippen molar-refractivity contribution in [3.63, 3.8) is 0 Å². The molecule has 0 saturated heterocycles. The minimum atomic E-state index is -0.212. The first-order valence-corrected chi connectivity index (χ1v) is 10.0. The molecule has 148 valence electrons. The van der Waals surface area contributed by atoms with Gasteiger partial charge in [-0.25, -0.2) is 0 Å². The average molecular weight is 420 g/mol. The lowest BCUT2D eigenvalue weighted by Gasteiger charge is -2.19. The number of hydrogen-bond acceptors (Lipinski definition) is 4. The van der Waals surface area contributed by atoms with Crippen LogP contribution in [0.4, 0.5) is 0 Å². The van der Waals surface area contributed by atoms with Crippen LogP contribution in [0.1, 0.15) is 46.8 Å². The van der Waals surface area contributed by atoms with Crippen LogP contribution in [0.2, 0.25) is 10.0 Å². The number of unbranched alkanes of at least 4 members (excludes halogenated alkanes) is 1. The molecule has 0 bridgehead atoms. The van der Waals surface area contributed by atoms with Crippen molar-refractivity contribution in [1.82, 2.24) is 4.90 Å². The highest BCUT2D eigenvalue weighted by molar-refractivity contribution is 6.35. The van der Waals surface area contributed by atoms with Gasteiger partial charge in [-0.05, 0) is 62.3 Å². The standard InChI is InChI=1S/C22H23Cl2NO3/c1-4-5-8-25(3)12-16-18(26)9-13(2)20-21(27)19(28-22(16)20)10-14-6-7-15(23)11-17(14)24/h6-7,9-11,26H,4-5,8,12H2,1-3H3/b19-10-. The second-order valence-corrected chi connectivity index (χ2v) is 7.94. The van der Waals surface area contributed by atoms with Gasteiger partial charge in [-0.15, -0.1) is 0 Å². The predicted octanol–water partition coefficient (Wildman–Crippen LogP) is 5.86. The first kappa shape index (κ1) is 20.7. The van der Waals surface area contributed by atoms with Gasteiger partial charge in [0.05, 0.1) is 11.1 Å². The molecular formula is C22H23Cl2NO3. The molecule has 0 amide bonds. The van der Waals surface area contributed by atoms with Gasteiger partial charge in [0.25, 0.3) is 0 Å². The molecule has 0 unspecified atom stereocenters. The van der Waals surface area contributed by atoms with Gasteiger partial charge in [-0.1, -0.05) is 42.6 Å². The maximum absolute atomic E-state index is 13.0. The Morgan fingerprint density at radius 1 is 1.25 bits per heavy atom. The number of nitrogens with zero attached hydrogens (tertiary/aromatic N) is 1. The van der Waals surface area contributed by atoms with Crippen LogP contribution in [-0.4, -0.2) is 29.4 Å². The molecule has 2 aromatic rings. The smallest absolute Gasteiger partial charge is 0.232 e. The van der Waals surface area contributed by atoms with Gasteiger partial charge in [0.2, 0.25) is 5.78 Å². The number of benzene rings is 2. The van der Waals surface area contributed by atoms with Crippen molar-refractivity contribution in [2.24, 2.45) is 0 Å². The first-order valence-electron chi connectivity index (χ1n) is 9.25. The number of hydrogen-bond donors (Lipinski definition) is 1. The summed E-state index contributed by atoms with van der Waals surface area (Å²) in [6, 6.07) is 6.69. The second kappa shape index (κ2) is 8.56. The number of fused-ring (bicyclic) bond motifs is 1. The summed E-state index contributed by atoms with van der Waals surface area (Å²) in [7, 11) is 1.99. The van der Waals surface area contributed by atoms with Gasteiger partial charge >= 0.3 is 0 Å². The van der Waals surface area contributed by atoms with E-state index in [-0.39, 0.29) is 17.3 Å². The molecule has 0 spiro atoms. The fourth-order valence-corrected chi connectivity index (χ4v) is 3.73. The topological polar surface area (TPSA) is 49.8 Å². The third kappa shape index (κ3) is 4.19. The summed E-state index contributed by atoms with van der Waals surface area (Å²) in [4.78, 5) is 15.1. The van der Waals surface area contributed by atoms with Crippen molar-refractivity contribution in [2.75, 3.05) is 13.6 Å². The minimum absolute atomic E-state index is 0.137. The summed E-state index contributed by atoms with van der Waals surface area (Å²) in [5, 5.41) is 11.5. The van der Waals surface area contributed by atoms with E-state index >= 15 is 0 Å². The average Bonchev–Trinajstić information content (AvgIpc) is 2.96. The van der Waals surface area contributed by atoms with E-state index in [1.807, 2.05) is 7.05 Å². The van der Waals surface area contributed by atoms with Crippen LogP contribution < -0.4 is 4.74 Å². The number of aromatic hydroxyl groups is 1. The van der Waals surface area contributed by atoms with E-state index in [4.69, 9.17) is 27.9 Å². The highest BCUT2D eigenvalue weighted by Crippen LogP contribution is 2.42. The Morgan fingerprint density at radius 3 is 2.68 bits per heavy atom. The van der Waals surface area contributed by atoms with E-state index < -0.39 is 0 Å². The number of Topliss-reactive ketones (excluding diaryl/α,β-unsaturated/α-hetero) is 1. The number of carbonyl (C=O) groups excluding carboxylic acids is 1. The number of allylic oxidation sites excluding steroid dienone is 1. The van der Waals surface area contributed by atoms with E-state index in [0.717, 1.165) is 19.4 Å². The van der Waals surface area contributed by atoms with E-state index in [1.54, 1.807) is 37.3 Å². The number of aryl methyl sites for hydroxylation is 1. The normalized spacial score (nSPS) is 14.6. The van der Waals surface area contributed by atoms with Crippen LogP contribution in [0.15, 0.2) is 30.0 Å². The Labute approximate surface area is 175 Å². The summed E-state index contributed by atoms with van der Waals surface area (Å²) < 4.78 is 5.94. The van der Waals surface area contributed by atoms with Crippen molar-refractivity contribution >= 4 is 35.1 Å². The molecule has 1 aliphatic rings. The fraction of sp³-hybridized carbons (Fsp3) is 0.318. The van der Waals surface area contributed by atoms with E-state index in [9.17, 15) is 9.90 Å². The zero-order chi connectivity index (χ0) is 20.4.